The van der Waals surface area contributed by atoms with Gasteiger partial charge in [-0.1, -0.05) is 18.2 Å². The van der Waals surface area contributed by atoms with Crippen molar-refractivity contribution in [2.24, 2.45) is 5.73 Å². The number of nitrogens with two attached hydrogens (primary N) is 1. The van der Waals surface area contributed by atoms with Crippen LogP contribution in [0.25, 0.3) is 0 Å². The van der Waals surface area contributed by atoms with E-state index in [0.717, 1.165) is 0 Å². The molecule has 7 nitrogen and oxygen atoms in total. The van der Waals surface area contributed by atoms with Crippen molar-refractivity contribution >= 4 is 23.3 Å². The van der Waals surface area contributed by atoms with Crippen molar-refractivity contribution in [3.8, 4) is 0 Å². The topological polar surface area (TPSA) is 108 Å². The van der Waals surface area contributed by atoms with Crippen molar-refractivity contribution in [3.05, 3.63) is 52.6 Å². The van der Waals surface area contributed by atoms with E-state index >= 15 is 0 Å². The number of hydrogen-bond acceptors (Lipinski definition) is 6. The number of esters is 1. The van der Waals surface area contributed by atoms with E-state index in [0.29, 0.717) is 29.9 Å². The van der Waals surface area contributed by atoms with Gasteiger partial charge in [0, 0.05) is 24.1 Å². The summed E-state index contributed by atoms with van der Waals surface area (Å²) in [4.78, 5) is 39.5. The Bertz CT molecular complexity index is 983. The molecule has 28 heavy (non-hydrogen) atoms. The molecule has 1 aromatic rings. The normalized spacial score (nSPS) is 24.0. The summed E-state index contributed by atoms with van der Waals surface area (Å²) in [6.45, 7) is 5.16. The first-order valence-corrected chi connectivity index (χ1v) is 9.25. The molecule has 1 unspecified atom stereocenters. The standard InChI is InChI=1S/C21H22N2O5/c1-20(2,3)28-18(25)16-17(22)27-14-10-6-9-13(24)15(14)21(16)11-7-4-5-8-12(11)23-19(21)26/h4-5,7-8H,6,9-10,22H2,1-3H3,(H,23,26). The van der Waals surface area contributed by atoms with Crippen LogP contribution in [0, 0.1) is 0 Å². The Labute approximate surface area is 162 Å². The van der Waals surface area contributed by atoms with Crippen molar-refractivity contribution in [1.29, 1.82) is 0 Å². The minimum absolute atomic E-state index is 0.140. The summed E-state index contributed by atoms with van der Waals surface area (Å²) in [5, 5.41) is 2.80. The lowest BCUT2D eigenvalue weighted by molar-refractivity contribution is -0.151. The van der Waals surface area contributed by atoms with Gasteiger partial charge in [0.15, 0.2) is 5.78 Å². The fourth-order valence-corrected chi connectivity index (χ4v) is 4.17. The Hall–Kier alpha value is -3.09. The first-order valence-electron chi connectivity index (χ1n) is 9.25. The maximum atomic E-state index is 13.4. The van der Waals surface area contributed by atoms with Gasteiger partial charge >= 0.3 is 5.97 Å². The molecule has 0 radical (unpaired) electrons. The van der Waals surface area contributed by atoms with Crippen LogP contribution in [0.5, 0.6) is 0 Å². The van der Waals surface area contributed by atoms with Crippen molar-refractivity contribution in [2.45, 2.75) is 51.0 Å². The SMILES string of the molecule is CC(C)(C)OC(=O)C1=C(N)OC2=C(C(=O)CCC2)C12C(=O)Nc1ccccc12. The van der Waals surface area contributed by atoms with Gasteiger partial charge in [0.05, 0.1) is 5.57 Å². The van der Waals surface area contributed by atoms with Gasteiger partial charge in [-0.2, -0.15) is 0 Å². The molecule has 2 aliphatic heterocycles. The molecule has 1 aromatic carbocycles. The number of Topliss-reactive ketones (excluding diaryl/α,β-unsaturated/α-hetero) is 1. The quantitative estimate of drug-likeness (QED) is 0.722. The molecule has 0 saturated carbocycles. The summed E-state index contributed by atoms with van der Waals surface area (Å²) in [6.07, 6.45) is 1.35. The third-order valence-electron chi connectivity index (χ3n) is 5.12. The summed E-state index contributed by atoms with van der Waals surface area (Å²) in [6, 6.07) is 6.99. The van der Waals surface area contributed by atoms with Crippen molar-refractivity contribution in [1.82, 2.24) is 0 Å². The number of hydrogen-bond donors (Lipinski definition) is 2. The number of allylic oxidation sites excluding steroid dienone is 1. The fraction of sp³-hybridized carbons (Fsp3) is 0.381. The van der Waals surface area contributed by atoms with Crippen molar-refractivity contribution < 1.29 is 23.9 Å². The highest BCUT2D eigenvalue weighted by molar-refractivity contribution is 6.22. The molecular weight excluding hydrogens is 360 g/mol. The predicted octanol–water partition coefficient (Wildman–Crippen LogP) is 2.43. The van der Waals surface area contributed by atoms with Crippen LogP contribution < -0.4 is 11.1 Å². The zero-order chi connectivity index (χ0) is 20.3. The third kappa shape index (κ3) is 2.46. The molecule has 0 bridgehead atoms. The van der Waals surface area contributed by atoms with E-state index in [4.69, 9.17) is 15.2 Å². The number of nitrogens with one attached hydrogen (secondary N) is 1. The molecule has 1 amide bonds. The van der Waals surface area contributed by atoms with Crippen LogP contribution in [-0.4, -0.2) is 23.3 Å². The second-order valence-corrected chi connectivity index (χ2v) is 8.17. The van der Waals surface area contributed by atoms with Crippen LogP contribution >= 0.6 is 0 Å². The molecule has 0 fully saturated rings. The van der Waals surface area contributed by atoms with E-state index in [9.17, 15) is 14.4 Å². The Balaban J connectivity index is 2.02. The van der Waals surface area contributed by atoms with Gasteiger partial charge in [0.2, 0.25) is 11.8 Å². The highest BCUT2D eigenvalue weighted by atomic mass is 16.6. The van der Waals surface area contributed by atoms with Gasteiger partial charge in [-0.3, -0.25) is 9.59 Å². The van der Waals surface area contributed by atoms with E-state index in [1.807, 2.05) is 0 Å². The Morgan fingerprint density at radius 3 is 2.64 bits per heavy atom. The molecule has 0 aromatic heterocycles. The smallest absolute Gasteiger partial charge is 0.341 e. The van der Waals surface area contributed by atoms with Gasteiger partial charge in [0.25, 0.3) is 0 Å². The molecule has 2 heterocycles. The summed E-state index contributed by atoms with van der Waals surface area (Å²) in [5.74, 6) is -1.34. The van der Waals surface area contributed by atoms with Gasteiger partial charge in [0.1, 0.15) is 22.3 Å². The average Bonchev–Trinajstić information content (AvgIpc) is 2.86. The lowest BCUT2D eigenvalue weighted by Gasteiger charge is -2.39. The highest BCUT2D eigenvalue weighted by Gasteiger charge is 2.61. The lowest BCUT2D eigenvalue weighted by Crippen LogP contribution is -2.49. The monoisotopic (exact) mass is 382 g/mol. The number of amides is 1. The molecule has 1 aliphatic carbocycles. The number of anilines is 1. The Kier molecular flexibility index (Phi) is 3.89. The first kappa shape index (κ1) is 18.3. The predicted molar refractivity (Wildman–Crippen MR) is 101 cm³/mol. The Morgan fingerprint density at radius 2 is 1.93 bits per heavy atom. The van der Waals surface area contributed by atoms with Gasteiger partial charge in [-0.25, -0.2) is 4.79 Å². The van der Waals surface area contributed by atoms with E-state index in [1.165, 1.54) is 0 Å². The van der Waals surface area contributed by atoms with Gasteiger partial charge in [-0.15, -0.1) is 0 Å². The van der Waals surface area contributed by atoms with Crippen molar-refractivity contribution in [2.75, 3.05) is 5.32 Å². The van der Waals surface area contributed by atoms with Crippen LogP contribution in [0.2, 0.25) is 0 Å². The molecule has 146 valence electrons. The van der Waals surface area contributed by atoms with Crippen LogP contribution in [0.1, 0.15) is 45.6 Å². The second-order valence-electron chi connectivity index (χ2n) is 8.17. The maximum Gasteiger partial charge on any atom is 0.341 e. The van der Waals surface area contributed by atoms with Gasteiger partial charge < -0.3 is 20.5 Å². The summed E-state index contributed by atoms with van der Waals surface area (Å²) < 4.78 is 11.2. The van der Waals surface area contributed by atoms with Crippen molar-refractivity contribution in [3.63, 3.8) is 0 Å². The average molecular weight is 382 g/mol. The summed E-state index contributed by atoms with van der Waals surface area (Å²) in [7, 11) is 0. The molecule has 4 rings (SSSR count). The van der Waals surface area contributed by atoms with Gasteiger partial charge in [-0.05, 0) is 33.3 Å². The molecule has 1 spiro atoms. The second kappa shape index (κ2) is 5.95. The molecule has 1 atom stereocenters. The zero-order valence-electron chi connectivity index (χ0n) is 16.0. The number of rotatable bonds is 1. The largest absolute Gasteiger partial charge is 0.456 e. The number of carbonyl (C=O) groups is 3. The van der Waals surface area contributed by atoms with E-state index in [-0.39, 0.29) is 29.2 Å². The lowest BCUT2D eigenvalue weighted by atomic mass is 9.64. The van der Waals surface area contributed by atoms with Crippen LogP contribution in [0.4, 0.5) is 5.69 Å². The summed E-state index contributed by atoms with van der Waals surface area (Å²) >= 11 is 0. The summed E-state index contributed by atoms with van der Waals surface area (Å²) in [5.41, 5.74) is 4.78. The number of carbonyl (C=O) groups excluding carboxylic acids is 3. The number of ether oxygens (including phenoxy) is 2. The van der Waals surface area contributed by atoms with E-state index in [1.54, 1.807) is 45.0 Å². The Morgan fingerprint density at radius 1 is 1.21 bits per heavy atom. The number of fused-ring (bicyclic) bond motifs is 3. The number of ketones is 1. The first-order chi connectivity index (χ1) is 13.2. The van der Waals surface area contributed by atoms with E-state index in [2.05, 4.69) is 5.32 Å². The zero-order valence-corrected chi connectivity index (χ0v) is 16.0. The number of para-hydroxylation sites is 1. The van der Waals surface area contributed by atoms with E-state index < -0.39 is 22.9 Å². The molecule has 0 saturated heterocycles. The molecule has 3 aliphatic rings. The highest BCUT2D eigenvalue weighted by Crippen LogP contribution is 2.54. The molecule has 3 N–H and O–H groups in total. The molecule has 7 heteroatoms. The minimum atomic E-state index is -1.66. The number of benzene rings is 1. The fourth-order valence-electron chi connectivity index (χ4n) is 4.17. The third-order valence-corrected chi connectivity index (χ3v) is 5.12. The van der Waals surface area contributed by atoms with Crippen LogP contribution in [0.3, 0.4) is 0 Å². The minimum Gasteiger partial charge on any atom is -0.456 e. The van der Waals surface area contributed by atoms with Crippen LogP contribution in [0.15, 0.2) is 47.1 Å². The van der Waals surface area contributed by atoms with Crippen LogP contribution in [-0.2, 0) is 29.3 Å². The maximum absolute atomic E-state index is 13.4. The molecular formula is C21H22N2O5.